The van der Waals surface area contributed by atoms with Crippen molar-refractivity contribution in [3.8, 4) is 11.3 Å². The molecule has 0 bridgehead atoms. The lowest BCUT2D eigenvalue weighted by atomic mass is 10.0. The van der Waals surface area contributed by atoms with Gasteiger partial charge in [0.2, 0.25) is 0 Å². The fourth-order valence-electron chi connectivity index (χ4n) is 3.34. The molecule has 8 heteroatoms. The number of rotatable bonds is 3. The molecule has 0 saturated carbocycles. The number of pyridine rings is 1. The van der Waals surface area contributed by atoms with Gasteiger partial charge < -0.3 is 14.5 Å². The molecule has 27 heavy (non-hydrogen) atoms. The number of nitrogens with one attached hydrogen (secondary N) is 1. The first kappa shape index (κ1) is 18.5. The van der Waals surface area contributed by atoms with Gasteiger partial charge in [-0.05, 0) is 46.6 Å². The fraction of sp³-hybridized carbons (Fsp3) is 0.316. The van der Waals surface area contributed by atoms with Gasteiger partial charge >= 0.3 is 0 Å². The molecule has 4 nitrogen and oxygen atoms in total. The van der Waals surface area contributed by atoms with Crippen molar-refractivity contribution in [2.45, 2.75) is 19.4 Å². The minimum atomic E-state index is -1.26. The number of halogens is 4. The Morgan fingerprint density at radius 1 is 1.30 bits per heavy atom. The minimum absolute atomic E-state index is 0.0937. The van der Waals surface area contributed by atoms with Crippen molar-refractivity contribution < 1.29 is 17.9 Å². The first-order valence-electron chi connectivity index (χ1n) is 8.59. The average Bonchev–Trinajstić information content (AvgIpc) is 2.98. The molecule has 2 aromatic heterocycles. The number of imidazole rings is 1. The maximum Gasteiger partial charge on any atom is 0.173 e. The van der Waals surface area contributed by atoms with Crippen LogP contribution in [-0.2, 0) is 11.2 Å². The normalized spacial score (nSPS) is 17.6. The standard InChI is InChI=1S/C19H17BrF3N3O/c1-10-2-4-26-14(7-11-9-24-3-5-27-11)19(25-15(26)6-10)16-13(21)8-12(20)17(22)18(16)23/h2,4,6,8,11,24H,3,5,7,9H2,1H3. The van der Waals surface area contributed by atoms with Crippen LogP contribution in [0.3, 0.4) is 0 Å². The van der Waals surface area contributed by atoms with Crippen LogP contribution in [0.1, 0.15) is 11.3 Å². The molecule has 1 saturated heterocycles. The Kier molecular flexibility index (Phi) is 4.96. The van der Waals surface area contributed by atoms with Crippen LogP contribution in [0.25, 0.3) is 16.9 Å². The summed E-state index contributed by atoms with van der Waals surface area (Å²) >= 11 is 2.84. The maximum absolute atomic E-state index is 14.6. The number of morpholine rings is 1. The molecule has 0 amide bonds. The molecule has 3 aromatic rings. The molecular weight excluding hydrogens is 423 g/mol. The summed E-state index contributed by atoms with van der Waals surface area (Å²) in [5.74, 6) is -3.27. The van der Waals surface area contributed by atoms with E-state index in [9.17, 15) is 13.2 Å². The molecular formula is C19H17BrF3N3O. The van der Waals surface area contributed by atoms with Crippen LogP contribution in [0.15, 0.2) is 28.9 Å². The molecule has 1 aliphatic heterocycles. The van der Waals surface area contributed by atoms with Crippen LogP contribution in [0.5, 0.6) is 0 Å². The van der Waals surface area contributed by atoms with E-state index in [1.807, 2.05) is 19.1 Å². The Labute approximate surface area is 162 Å². The van der Waals surface area contributed by atoms with Gasteiger partial charge in [0.1, 0.15) is 11.5 Å². The number of nitrogens with zero attached hydrogens (tertiary/aromatic N) is 2. The number of benzene rings is 1. The predicted molar refractivity (Wildman–Crippen MR) is 99.3 cm³/mol. The van der Waals surface area contributed by atoms with Crippen LogP contribution >= 0.6 is 15.9 Å². The lowest BCUT2D eigenvalue weighted by Gasteiger charge is -2.24. The van der Waals surface area contributed by atoms with E-state index in [2.05, 4.69) is 26.2 Å². The van der Waals surface area contributed by atoms with Crippen molar-refractivity contribution in [2.24, 2.45) is 0 Å². The fourth-order valence-corrected chi connectivity index (χ4v) is 3.72. The van der Waals surface area contributed by atoms with E-state index in [1.165, 1.54) is 0 Å². The number of hydrogen-bond acceptors (Lipinski definition) is 3. The van der Waals surface area contributed by atoms with Gasteiger partial charge in [0.05, 0.1) is 34.1 Å². The van der Waals surface area contributed by atoms with Crippen molar-refractivity contribution in [1.82, 2.24) is 14.7 Å². The van der Waals surface area contributed by atoms with Gasteiger partial charge in [0, 0.05) is 25.7 Å². The van der Waals surface area contributed by atoms with E-state index in [0.29, 0.717) is 30.9 Å². The first-order valence-corrected chi connectivity index (χ1v) is 9.38. The highest BCUT2D eigenvalue weighted by Crippen LogP contribution is 2.34. The largest absolute Gasteiger partial charge is 0.375 e. The molecule has 1 unspecified atom stereocenters. The second-order valence-electron chi connectivity index (χ2n) is 6.58. The SMILES string of the molecule is Cc1ccn2c(CC3CNCCO3)c(-c3c(F)cc(Br)c(F)c3F)nc2c1. The van der Waals surface area contributed by atoms with Crippen molar-refractivity contribution in [2.75, 3.05) is 19.7 Å². The van der Waals surface area contributed by atoms with E-state index in [-0.39, 0.29) is 16.3 Å². The maximum atomic E-state index is 14.6. The lowest BCUT2D eigenvalue weighted by Crippen LogP contribution is -2.39. The average molecular weight is 440 g/mol. The molecule has 1 aliphatic rings. The first-order chi connectivity index (χ1) is 13.0. The number of aromatic nitrogens is 2. The zero-order chi connectivity index (χ0) is 19.1. The van der Waals surface area contributed by atoms with Crippen LogP contribution in [-0.4, -0.2) is 35.2 Å². The Balaban J connectivity index is 1.92. The monoisotopic (exact) mass is 439 g/mol. The second-order valence-corrected chi connectivity index (χ2v) is 7.44. The molecule has 1 N–H and O–H groups in total. The molecule has 0 radical (unpaired) electrons. The molecule has 1 fully saturated rings. The number of fused-ring (bicyclic) bond motifs is 1. The number of ether oxygens (including phenoxy) is 1. The summed E-state index contributed by atoms with van der Waals surface area (Å²) in [6, 6.07) is 4.63. The Morgan fingerprint density at radius 3 is 2.85 bits per heavy atom. The highest BCUT2D eigenvalue weighted by Gasteiger charge is 2.27. The zero-order valence-electron chi connectivity index (χ0n) is 14.5. The predicted octanol–water partition coefficient (Wildman–Crippen LogP) is 4.02. The highest BCUT2D eigenvalue weighted by atomic mass is 79.9. The number of hydrogen-bond donors (Lipinski definition) is 1. The van der Waals surface area contributed by atoms with Crippen molar-refractivity contribution in [3.05, 3.63) is 57.6 Å². The van der Waals surface area contributed by atoms with E-state index >= 15 is 0 Å². The van der Waals surface area contributed by atoms with Crippen molar-refractivity contribution >= 4 is 21.6 Å². The zero-order valence-corrected chi connectivity index (χ0v) is 16.1. The minimum Gasteiger partial charge on any atom is -0.375 e. The molecule has 142 valence electrons. The highest BCUT2D eigenvalue weighted by molar-refractivity contribution is 9.10. The third kappa shape index (κ3) is 3.37. The van der Waals surface area contributed by atoms with Gasteiger partial charge in [-0.25, -0.2) is 18.2 Å². The molecule has 3 heterocycles. The second kappa shape index (κ2) is 7.26. The van der Waals surface area contributed by atoms with Gasteiger partial charge in [-0.1, -0.05) is 0 Å². The van der Waals surface area contributed by atoms with Crippen LogP contribution < -0.4 is 5.32 Å². The smallest absolute Gasteiger partial charge is 0.173 e. The molecule has 0 aliphatic carbocycles. The van der Waals surface area contributed by atoms with E-state index < -0.39 is 23.0 Å². The topological polar surface area (TPSA) is 38.6 Å². The summed E-state index contributed by atoms with van der Waals surface area (Å²) in [7, 11) is 0. The van der Waals surface area contributed by atoms with Crippen molar-refractivity contribution in [1.29, 1.82) is 0 Å². The quantitative estimate of drug-likeness (QED) is 0.494. The third-order valence-corrected chi connectivity index (χ3v) is 5.23. The molecule has 1 atom stereocenters. The lowest BCUT2D eigenvalue weighted by molar-refractivity contribution is 0.0286. The molecule has 0 spiro atoms. The summed E-state index contributed by atoms with van der Waals surface area (Å²) < 4.78 is 50.6. The number of aryl methyl sites for hydroxylation is 1. The van der Waals surface area contributed by atoms with Gasteiger partial charge in [-0.15, -0.1) is 0 Å². The van der Waals surface area contributed by atoms with Crippen molar-refractivity contribution in [3.63, 3.8) is 0 Å². The Morgan fingerprint density at radius 2 is 2.11 bits per heavy atom. The summed E-state index contributed by atoms with van der Waals surface area (Å²) in [4.78, 5) is 4.43. The van der Waals surface area contributed by atoms with E-state index in [1.54, 1.807) is 10.6 Å². The summed E-state index contributed by atoms with van der Waals surface area (Å²) in [6.07, 6.45) is 2.03. The third-order valence-electron chi connectivity index (χ3n) is 4.66. The van der Waals surface area contributed by atoms with E-state index in [4.69, 9.17) is 4.74 Å². The van der Waals surface area contributed by atoms with E-state index in [0.717, 1.165) is 18.2 Å². The van der Waals surface area contributed by atoms with Gasteiger partial charge in [0.25, 0.3) is 0 Å². The van der Waals surface area contributed by atoms with Crippen LogP contribution in [0, 0.1) is 24.4 Å². The Hall–Kier alpha value is -1.90. The summed E-state index contributed by atoms with van der Waals surface area (Å²) in [5, 5.41) is 3.23. The summed E-state index contributed by atoms with van der Waals surface area (Å²) in [5.41, 5.74) is 1.72. The molecule has 1 aromatic carbocycles. The molecule has 4 rings (SSSR count). The van der Waals surface area contributed by atoms with Gasteiger partial charge in [-0.2, -0.15) is 0 Å². The van der Waals surface area contributed by atoms with Gasteiger partial charge in [0.15, 0.2) is 11.6 Å². The Bertz CT molecular complexity index is 1020. The van der Waals surface area contributed by atoms with Crippen LogP contribution in [0.2, 0.25) is 0 Å². The van der Waals surface area contributed by atoms with Gasteiger partial charge in [-0.3, -0.25) is 0 Å². The van der Waals surface area contributed by atoms with Crippen LogP contribution in [0.4, 0.5) is 13.2 Å². The summed E-state index contributed by atoms with van der Waals surface area (Å²) in [6.45, 7) is 3.85.